The van der Waals surface area contributed by atoms with Crippen LogP contribution in [-0.4, -0.2) is 17.8 Å². The largest absolute Gasteiger partial charge is 0.431 e. The minimum atomic E-state index is -0.779. The van der Waals surface area contributed by atoms with Gasteiger partial charge in [0.15, 0.2) is 5.84 Å². The maximum absolute atomic E-state index is 11.4. The Bertz CT molecular complexity index is 559. The van der Waals surface area contributed by atoms with E-state index in [1.54, 1.807) is 12.1 Å². The molecule has 20 heavy (non-hydrogen) atoms. The van der Waals surface area contributed by atoms with E-state index in [1.807, 2.05) is 19.1 Å². The number of nitrogens with two attached hydrogens (primary N) is 1. The Morgan fingerprint density at radius 3 is 2.35 bits per heavy atom. The van der Waals surface area contributed by atoms with Gasteiger partial charge in [0, 0.05) is 12.5 Å². The Labute approximate surface area is 116 Å². The summed E-state index contributed by atoms with van der Waals surface area (Å²) >= 11 is 0. The third-order valence-electron chi connectivity index (χ3n) is 2.21. The van der Waals surface area contributed by atoms with E-state index >= 15 is 0 Å². The van der Waals surface area contributed by atoms with Crippen molar-refractivity contribution < 1.29 is 19.2 Å². The van der Waals surface area contributed by atoms with Gasteiger partial charge in [-0.1, -0.05) is 35.0 Å². The molecule has 0 amide bonds. The van der Waals surface area contributed by atoms with Crippen LogP contribution in [0.1, 0.15) is 25.0 Å². The summed E-state index contributed by atoms with van der Waals surface area (Å²) in [5, 5.41) is 3.52. The minimum Gasteiger partial charge on any atom is -0.431 e. The van der Waals surface area contributed by atoms with Gasteiger partial charge in [0.05, 0.1) is 6.08 Å². The Morgan fingerprint density at radius 2 is 1.80 bits per heavy atom. The van der Waals surface area contributed by atoms with E-state index in [1.165, 1.54) is 13.8 Å². The zero-order chi connectivity index (χ0) is 15.1. The monoisotopic (exact) mass is 276 g/mol. The molecule has 0 radical (unpaired) electrons. The fourth-order valence-electron chi connectivity index (χ4n) is 1.32. The highest BCUT2D eigenvalue weighted by Crippen LogP contribution is 2.03. The molecule has 1 aromatic carbocycles. The number of carbonyl (C=O) groups excluding carboxylic acids is 2. The van der Waals surface area contributed by atoms with E-state index in [9.17, 15) is 9.59 Å². The van der Waals surface area contributed by atoms with Gasteiger partial charge in [0.25, 0.3) is 0 Å². The third kappa shape index (κ3) is 5.34. The van der Waals surface area contributed by atoms with Crippen LogP contribution in [0.3, 0.4) is 0 Å². The number of nitrogens with zero attached hydrogens (tertiary/aromatic N) is 1. The lowest BCUT2D eigenvalue weighted by Gasteiger charge is -2.01. The first kappa shape index (κ1) is 15.4. The molecule has 0 saturated carbocycles. The Kier molecular flexibility index (Phi) is 5.46. The average Bonchev–Trinajstić information content (AvgIpc) is 2.35. The van der Waals surface area contributed by atoms with Gasteiger partial charge >= 0.3 is 11.9 Å². The first-order valence-electron chi connectivity index (χ1n) is 5.86. The zero-order valence-corrected chi connectivity index (χ0v) is 11.5. The molecule has 2 N–H and O–H groups in total. The van der Waals surface area contributed by atoms with Crippen molar-refractivity contribution in [2.75, 3.05) is 0 Å². The lowest BCUT2D eigenvalue weighted by Crippen LogP contribution is -2.14. The quantitative estimate of drug-likeness (QED) is 0.172. The number of rotatable bonds is 4. The standard InChI is InChI=1S/C14H16N2O4/c1-9-4-6-12(7-5-9)14(15)16-20-13(18)8-10(2)19-11(3)17/h4-8H,1-3H3,(H2,15,16)/b10-8-. The van der Waals surface area contributed by atoms with Crippen LogP contribution in [0.2, 0.25) is 0 Å². The van der Waals surface area contributed by atoms with Crippen LogP contribution in [0.4, 0.5) is 0 Å². The van der Waals surface area contributed by atoms with Crippen LogP contribution < -0.4 is 5.73 Å². The predicted molar refractivity (Wildman–Crippen MR) is 73.5 cm³/mol. The van der Waals surface area contributed by atoms with E-state index in [-0.39, 0.29) is 11.6 Å². The van der Waals surface area contributed by atoms with Gasteiger partial charge in [-0.2, -0.15) is 0 Å². The van der Waals surface area contributed by atoms with Crippen LogP contribution in [0, 0.1) is 6.92 Å². The molecule has 106 valence electrons. The first-order valence-corrected chi connectivity index (χ1v) is 5.86. The maximum Gasteiger partial charge on any atom is 0.362 e. The molecular formula is C14H16N2O4. The predicted octanol–water partition coefficient (Wildman–Crippen LogP) is 1.63. The molecule has 6 heteroatoms. The van der Waals surface area contributed by atoms with Crippen LogP contribution in [-0.2, 0) is 19.2 Å². The Hall–Kier alpha value is -2.63. The number of aryl methyl sites for hydroxylation is 1. The summed E-state index contributed by atoms with van der Waals surface area (Å²) in [5.74, 6) is -1.10. The number of oxime groups is 1. The second kappa shape index (κ2) is 7.08. The van der Waals surface area contributed by atoms with Crippen molar-refractivity contribution in [1.82, 2.24) is 0 Å². The zero-order valence-electron chi connectivity index (χ0n) is 11.5. The summed E-state index contributed by atoms with van der Waals surface area (Å²) in [6, 6.07) is 7.26. The van der Waals surface area contributed by atoms with Crippen molar-refractivity contribution in [2.24, 2.45) is 10.9 Å². The van der Waals surface area contributed by atoms with Gasteiger partial charge in [-0.15, -0.1) is 0 Å². The van der Waals surface area contributed by atoms with Crippen molar-refractivity contribution in [1.29, 1.82) is 0 Å². The molecule has 0 fully saturated rings. The summed E-state index contributed by atoms with van der Waals surface area (Å²) in [7, 11) is 0. The van der Waals surface area contributed by atoms with Crippen molar-refractivity contribution in [2.45, 2.75) is 20.8 Å². The lowest BCUT2D eigenvalue weighted by molar-refractivity contribution is -0.138. The fraction of sp³-hybridized carbons (Fsp3) is 0.214. The highest BCUT2D eigenvalue weighted by molar-refractivity contribution is 5.97. The molecule has 0 spiro atoms. The summed E-state index contributed by atoms with van der Waals surface area (Å²) in [4.78, 5) is 26.6. The van der Waals surface area contributed by atoms with E-state index in [2.05, 4.69) is 14.7 Å². The molecule has 0 atom stereocenters. The number of ether oxygens (including phenoxy) is 1. The number of amidine groups is 1. The normalized spacial score (nSPS) is 11.9. The topological polar surface area (TPSA) is 91.0 Å². The molecule has 0 aliphatic carbocycles. The molecule has 6 nitrogen and oxygen atoms in total. The number of benzene rings is 1. The highest BCUT2D eigenvalue weighted by Gasteiger charge is 2.04. The van der Waals surface area contributed by atoms with Crippen LogP contribution in [0.25, 0.3) is 0 Å². The van der Waals surface area contributed by atoms with Gasteiger partial charge in [-0.3, -0.25) is 4.79 Å². The minimum absolute atomic E-state index is 0.0805. The second-order valence-electron chi connectivity index (χ2n) is 4.10. The Balaban J connectivity index is 2.65. The van der Waals surface area contributed by atoms with E-state index < -0.39 is 11.9 Å². The molecule has 1 rings (SSSR count). The summed E-state index contributed by atoms with van der Waals surface area (Å²) < 4.78 is 4.67. The number of hydrogen-bond acceptors (Lipinski definition) is 5. The first-order chi connectivity index (χ1) is 9.38. The second-order valence-corrected chi connectivity index (χ2v) is 4.10. The summed E-state index contributed by atoms with van der Waals surface area (Å²) in [6.45, 7) is 4.63. The molecule has 0 aliphatic heterocycles. The van der Waals surface area contributed by atoms with Crippen LogP contribution in [0.5, 0.6) is 0 Å². The number of carbonyl (C=O) groups is 2. The molecule has 0 bridgehead atoms. The molecule has 0 heterocycles. The fourth-order valence-corrected chi connectivity index (χ4v) is 1.32. The Morgan fingerprint density at radius 1 is 1.20 bits per heavy atom. The highest BCUT2D eigenvalue weighted by atomic mass is 16.7. The lowest BCUT2D eigenvalue weighted by atomic mass is 10.1. The number of hydrogen-bond donors (Lipinski definition) is 1. The van der Waals surface area contributed by atoms with E-state index in [0.717, 1.165) is 11.6 Å². The molecule has 0 aromatic heterocycles. The van der Waals surface area contributed by atoms with Crippen LogP contribution in [0.15, 0.2) is 41.3 Å². The maximum atomic E-state index is 11.4. The van der Waals surface area contributed by atoms with Gasteiger partial charge in [0.1, 0.15) is 5.76 Å². The third-order valence-corrected chi connectivity index (χ3v) is 2.21. The summed E-state index contributed by atoms with van der Waals surface area (Å²) in [5.41, 5.74) is 7.40. The van der Waals surface area contributed by atoms with Gasteiger partial charge in [-0.05, 0) is 13.8 Å². The molecule has 1 aromatic rings. The van der Waals surface area contributed by atoms with E-state index in [4.69, 9.17) is 5.73 Å². The number of allylic oxidation sites excluding steroid dienone is 1. The van der Waals surface area contributed by atoms with Gasteiger partial charge in [0.2, 0.25) is 0 Å². The molecule has 0 saturated heterocycles. The molecule has 0 unspecified atom stereocenters. The van der Waals surface area contributed by atoms with Crippen LogP contribution >= 0.6 is 0 Å². The van der Waals surface area contributed by atoms with Crippen molar-refractivity contribution in [3.63, 3.8) is 0 Å². The van der Waals surface area contributed by atoms with Crippen molar-refractivity contribution in [3.8, 4) is 0 Å². The number of esters is 1. The molecular weight excluding hydrogens is 260 g/mol. The van der Waals surface area contributed by atoms with Crippen molar-refractivity contribution >= 4 is 17.8 Å². The smallest absolute Gasteiger partial charge is 0.362 e. The van der Waals surface area contributed by atoms with Crippen molar-refractivity contribution in [3.05, 3.63) is 47.2 Å². The van der Waals surface area contributed by atoms with Gasteiger partial charge < -0.3 is 15.3 Å². The summed E-state index contributed by atoms with van der Waals surface area (Å²) in [6.07, 6.45) is 1.01. The molecule has 0 aliphatic rings. The van der Waals surface area contributed by atoms with Gasteiger partial charge in [-0.25, -0.2) is 4.79 Å². The average molecular weight is 276 g/mol. The van der Waals surface area contributed by atoms with E-state index in [0.29, 0.717) is 5.56 Å². The SMILES string of the molecule is CC(=O)O/C(C)=C\C(=O)O/N=C(\N)c1ccc(C)cc1.